The average Bonchev–Trinajstić information content (AvgIpc) is 2.73. The standard InChI is InChI=1S/C12H15N3O/c1-3-9-16-11-5-4-7-13-12(11)15-8-6-10(2)14-15/h4-8H,3,9H2,1-2H3. The zero-order valence-electron chi connectivity index (χ0n) is 9.55. The number of ether oxygens (including phenoxy) is 1. The number of hydrogen-bond acceptors (Lipinski definition) is 3. The number of hydrogen-bond donors (Lipinski definition) is 0. The highest BCUT2D eigenvalue weighted by Gasteiger charge is 2.07. The summed E-state index contributed by atoms with van der Waals surface area (Å²) in [5, 5.41) is 4.32. The van der Waals surface area contributed by atoms with Crippen molar-refractivity contribution >= 4 is 0 Å². The van der Waals surface area contributed by atoms with Crippen molar-refractivity contribution in [1.82, 2.24) is 14.8 Å². The van der Waals surface area contributed by atoms with E-state index in [1.54, 1.807) is 10.9 Å². The first kappa shape index (κ1) is 10.7. The van der Waals surface area contributed by atoms with Crippen LogP contribution in [0.4, 0.5) is 0 Å². The third-order valence-corrected chi connectivity index (χ3v) is 2.15. The van der Waals surface area contributed by atoms with Crippen LogP contribution in [0.15, 0.2) is 30.6 Å². The maximum atomic E-state index is 5.63. The van der Waals surface area contributed by atoms with Gasteiger partial charge in [0.05, 0.1) is 12.3 Å². The molecule has 0 saturated carbocycles. The summed E-state index contributed by atoms with van der Waals surface area (Å²) in [6.07, 6.45) is 4.61. The fraction of sp³-hybridized carbons (Fsp3) is 0.333. The lowest BCUT2D eigenvalue weighted by molar-refractivity contribution is 0.314. The van der Waals surface area contributed by atoms with E-state index in [4.69, 9.17) is 4.74 Å². The van der Waals surface area contributed by atoms with Crippen molar-refractivity contribution in [2.24, 2.45) is 0 Å². The van der Waals surface area contributed by atoms with Crippen molar-refractivity contribution in [3.63, 3.8) is 0 Å². The second kappa shape index (κ2) is 4.79. The Labute approximate surface area is 94.9 Å². The molecular weight excluding hydrogens is 202 g/mol. The molecule has 0 atom stereocenters. The predicted molar refractivity (Wildman–Crippen MR) is 61.9 cm³/mol. The molecule has 0 aliphatic heterocycles. The minimum atomic E-state index is 0.693. The van der Waals surface area contributed by atoms with Gasteiger partial charge in [-0.05, 0) is 31.5 Å². The molecule has 0 radical (unpaired) electrons. The first-order valence-corrected chi connectivity index (χ1v) is 5.41. The Hall–Kier alpha value is -1.84. The summed E-state index contributed by atoms with van der Waals surface area (Å²) < 4.78 is 7.36. The van der Waals surface area contributed by atoms with Gasteiger partial charge in [-0.3, -0.25) is 0 Å². The van der Waals surface area contributed by atoms with Gasteiger partial charge in [-0.15, -0.1) is 0 Å². The van der Waals surface area contributed by atoms with Crippen molar-refractivity contribution in [3.8, 4) is 11.6 Å². The van der Waals surface area contributed by atoms with E-state index in [1.807, 2.05) is 31.3 Å². The Morgan fingerprint density at radius 2 is 2.25 bits per heavy atom. The third-order valence-electron chi connectivity index (χ3n) is 2.15. The maximum absolute atomic E-state index is 5.63. The molecule has 0 unspecified atom stereocenters. The number of aryl methyl sites for hydroxylation is 1. The Balaban J connectivity index is 2.32. The molecule has 0 spiro atoms. The molecule has 0 aliphatic carbocycles. The van der Waals surface area contributed by atoms with Gasteiger partial charge in [0.25, 0.3) is 0 Å². The van der Waals surface area contributed by atoms with Gasteiger partial charge in [0.2, 0.25) is 0 Å². The van der Waals surface area contributed by atoms with Gasteiger partial charge < -0.3 is 4.74 Å². The Morgan fingerprint density at radius 3 is 2.94 bits per heavy atom. The zero-order valence-corrected chi connectivity index (χ0v) is 9.55. The topological polar surface area (TPSA) is 39.9 Å². The maximum Gasteiger partial charge on any atom is 0.196 e. The van der Waals surface area contributed by atoms with Gasteiger partial charge in [-0.2, -0.15) is 5.10 Å². The molecule has 2 rings (SSSR count). The lowest BCUT2D eigenvalue weighted by Crippen LogP contribution is -2.04. The van der Waals surface area contributed by atoms with E-state index in [0.29, 0.717) is 6.61 Å². The van der Waals surface area contributed by atoms with Crippen LogP contribution in [0.2, 0.25) is 0 Å². The number of rotatable bonds is 4. The minimum absolute atomic E-state index is 0.693. The average molecular weight is 217 g/mol. The zero-order chi connectivity index (χ0) is 11.4. The van der Waals surface area contributed by atoms with E-state index in [0.717, 1.165) is 23.7 Å². The van der Waals surface area contributed by atoms with Crippen LogP contribution >= 0.6 is 0 Å². The van der Waals surface area contributed by atoms with E-state index in [9.17, 15) is 0 Å². The number of aromatic nitrogens is 3. The second-order valence-corrected chi connectivity index (χ2v) is 3.58. The fourth-order valence-electron chi connectivity index (χ4n) is 1.41. The van der Waals surface area contributed by atoms with Gasteiger partial charge in [0, 0.05) is 12.4 Å². The lowest BCUT2D eigenvalue weighted by Gasteiger charge is -2.09. The van der Waals surface area contributed by atoms with Crippen molar-refractivity contribution in [2.75, 3.05) is 6.61 Å². The summed E-state index contributed by atoms with van der Waals surface area (Å²) in [6.45, 7) is 4.72. The Kier molecular flexibility index (Phi) is 3.19. The summed E-state index contributed by atoms with van der Waals surface area (Å²) in [7, 11) is 0. The quantitative estimate of drug-likeness (QED) is 0.789. The molecular formula is C12H15N3O. The first-order chi connectivity index (χ1) is 7.81. The van der Waals surface area contributed by atoms with Crippen LogP contribution < -0.4 is 4.74 Å². The highest BCUT2D eigenvalue weighted by Crippen LogP contribution is 2.19. The Bertz CT molecular complexity index is 465. The smallest absolute Gasteiger partial charge is 0.196 e. The van der Waals surface area contributed by atoms with Crippen molar-refractivity contribution in [3.05, 3.63) is 36.3 Å². The molecule has 2 aromatic heterocycles. The molecule has 0 fully saturated rings. The molecule has 4 nitrogen and oxygen atoms in total. The Morgan fingerprint density at radius 1 is 1.38 bits per heavy atom. The van der Waals surface area contributed by atoms with Crippen LogP contribution in [-0.4, -0.2) is 21.4 Å². The summed E-state index contributed by atoms with van der Waals surface area (Å²) in [5.74, 6) is 1.51. The van der Waals surface area contributed by atoms with Gasteiger partial charge in [-0.25, -0.2) is 9.67 Å². The van der Waals surface area contributed by atoms with E-state index >= 15 is 0 Å². The molecule has 0 aromatic carbocycles. The van der Waals surface area contributed by atoms with Crippen molar-refractivity contribution < 1.29 is 4.74 Å². The number of pyridine rings is 1. The first-order valence-electron chi connectivity index (χ1n) is 5.41. The molecule has 2 heterocycles. The highest BCUT2D eigenvalue weighted by molar-refractivity contribution is 5.39. The second-order valence-electron chi connectivity index (χ2n) is 3.58. The van der Waals surface area contributed by atoms with Gasteiger partial charge in [-0.1, -0.05) is 6.92 Å². The normalized spacial score (nSPS) is 10.4. The molecule has 0 amide bonds. The van der Waals surface area contributed by atoms with Gasteiger partial charge in [0.1, 0.15) is 0 Å². The number of nitrogens with zero attached hydrogens (tertiary/aromatic N) is 3. The molecule has 2 aromatic rings. The fourth-order valence-corrected chi connectivity index (χ4v) is 1.41. The largest absolute Gasteiger partial charge is 0.490 e. The summed E-state index contributed by atoms with van der Waals surface area (Å²) in [5.41, 5.74) is 0.965. The van der Waals surface area contributed by atoms with Crippen LogP contribution in [0.5, 0.6) is 5.75 Å². The minimum Gasteiger partial charge on any atom is -0.490 e. The van der Waals surface area contributed by atoms with Crippen LogP contribution in [0.3, 0.4) is 0 Å². The SMILES string of the molecule is CCCOc1cccnc1-n1ccc(C)n1. The monoisotopic (exact) mass is 217 g/mol. The van der Waals surface area contributed by atoms with Crippen LogP contribution in [-0.2, 0) is 0 Å². The van der Waals surface area contributed by atoms with Crippen LogP contribution in [0.25, 0.3) is 5.82 Å². The van der Waals surface area contributed by atoms with E-state index in [1.165, 1.54) is 0 Å². The lowest BCUT2D eigenvalue weighted by atomic mass is 10.4. The third kappa shape index (κ3) is 2.21. The molecule has 0 saturated heterocycles. The molecule has 4 heteroatoms. The molecule has 16 heavy (non-hydrogen) atoms. The summed E-state index contributed by atoms with van der Waals surface area (Å²) >= 11 is 0. The predicted octanol–water partition coefficient (Wildman–Crippen LogP) is 2.36. The summed E-state index contributed by atoms with van der Waals surface area (Å²) in [6, 6.07) is 5.72. The summed E-state index contributed by atoms with van der Waals surface area (Å²) in [4.78, 5) is 4.29. The molecule has 84 valence electrons. The van der Waals surface area contributed by atoms with Crippen LogP contribution in [0.1, 0.15) is 19.0 Å². The van der Waals surface area contributed by atoms with E-state index in [2.05, 4.69) is 17.0 Å². The van der Waals surface area contributed by atoms with Crippen molar-refractivity contribution in [1.29, 1.82) is 0 Å². The van der Waals surface area contributed by atoms with Gasteiger partial charge in [0.15, 0.2) is 11.6 Å². The molecule has 0 aliphatic rings. The van der Waals surface area contributed by atoms with Crippen molar-refractivity contribution in [2.45, 2.75) is 20.3 Å². The van der Waals surface area contributed by atoms with E-state index < -0.39 is 0 Å². The molecule has 0 bridgehead atoms. The van der Waals surface area contributed by atoms with Crippen LogP contribution in [0, 0.1) is 6.92 Å². The van der Waals surface area contributed by atoms with E-state index in [-0.39, 0.29) is 0 Å². The molecule has 0 N–H and O–H groups in total. The highest BCUT2D eigenvalue weighted by atomic mass is 16.5. The van der Waals surface area contributed by atoms with Gasteiger partial charge >= 0.3 is 0 Å².